The molecule has 23 heavy (non-hydrogen) atoms. The number of esters is 1. The maximum atomic E-state index is 11.7. The van der Waals surface area contributed by atoms with E-state index in [9.17, 15) is 9.59 Å². The Balaban J connectivity index is 1.70. The summed E-state index contributed by atoms with van der Waals surface area (Å²) in [5.74, 6) is -0.746. The fourth-order valence-electron chi connectivity index (χ4n) is 1.59. The molecule has 2 aromatic carbocycles. The lowest BCUT2D eigenvalue weighted by Gasteiger charge is -2.07. The first-order valence-electron chi connectivity index (χ1n) is 6.62. The molecule has 2 aromatic rings. The molecule has 1 amide bonds. The summed E-state index contributed by atoms with van der Waals surface area (Å²) in [4.78, 5) is 24.2. The van der Waals surface area contributed by atoms with Gasteiger partial charge < -0.3 is 10.1 Å². The number of anilines is 1. The van der Waals surface area contributed by atoms with Crippen molar-refractivity contribution in [1.29, 1.82) is 0 Å². The van der Waals surface area contributed by atoms with Crippen molar-refractivity contribution >= 4 is 52.5 Å². The molecule has 0 radical (unpaired) electrons. The molecule has 0 aromatic heterocycles. The summed E-state index contributed by atoms with van der Waals surface area (Å²) in [7, 11) is 0. The van der Waals surface area contributed by atoms with Crippen LogP contribution in [-0.2, 0) is 14.3 Å². The third kappa shape index (κ3) is 6.52. The Morgan fingerprint density at radius 3 is 2.13 bits per heavy atom. The molecule has 120 valence electrons. The van der Waals surface area contributed by atoms with E-state index >= 15 is 0 Å². The smallest absolute Gasteiger partial charge is 0.316 e. The number of nitrogens with one attached hydrogen (secondary N) is 1. The lowest BCUT2D eigenvalue weighted by Crippen LogP contribution is -2.21. The molecular weight excluding hydrogens is 357 g/mol. The molecule has 0 aliphatic heterocycles. The van der Waals surface area contributed by atoms with Crippen LogP contribution in [0, 0.1) is 0 Å². The van der Waals surface area contributed by atoms with Crippen molar-refractivity contribution in [3.8, 4) is 0 Å². The Morgan fingerprint density at radius 2 is 1.52 bits per heavy atom. The number of rotatable bonds is 6. The Bertz CT molecular complexity index is 675. The Kier molecular flexibility index (Phi) is 6.77. The number of halogens is 2. The summed E-state index contributed by atoms with van der Waals surface area (Å²) < 4.78 is 4.92. The highest BCUT2D eigenvalue weighted by atomic mass is 35.5. The molecule has 0 bridgehead atoms. The first-order valence-corrected chi connectivity index (χ1v) is 8.36. The van der Waals surface area contributed by atoms with Crippen LogP contribution in [-0.4, -0.2) is 24.2 Å². The van der Waals surface area contributed by atoms with Gasteiger partial charge in [-0.05, 0) is 48.5 Å². The van der Waals surface area contributed by atoms with Crippen LogP contribution < -0.4 is 5.32 Å². The van der Waals surface area contributed by atoms with Gasteiger partial charge >= 0.3 is 5.97 Å². The van der Waals surface area contributed by atoms with E-state index in [1.54, 1.807) is 36.4 Å². The molecule has 4 nitrogen and oxygen atoms in total. The second kappa shape index (κ2) is 8.82. The topological polar surface area (TPSA) is 55.4 Å². The highest BCUT2D eigenvalue weighted by molar-refractivity contribution is 8.00. The lowest BCUT2D eigenvalue weighted by molar-refractivity contribution is -0.144. The van der Waals surface area contributed by atoms with Gasteiger partial charge in [-0.1, -0.05) is 23.2 Å². The van der Waals surface area contributed by atoms with Gasteiger partial charge in [-0.3, -0.25) is 9.59 Å². The van der Waals surface area contributed by atoms with E-state index < -0.39 is 11.9 Å². The standard InChI is InChI=1S/C16H13Cl2NO3S/c17-11-1-5-13(6-2-11)19-15(20)9-22-16(21)10-23-14-7-3-12(18)4-8-14/h1-8H,9-10H2,(H,19,20). The van der Waals surface area contributed by atoms with Gasteiger partial charge in [0.1, 0.15) is 0 Å². The molecule has 0 aliphatic carbocycles. The second-order valence-electron chi connectivity index (χ2n) is 4.46. The van der Waals surface area contributed by atoms with E-state index in [0.717, 1.165) is 4.90 Å². The van der Waals surface area contributed by atoms with Crippen molar-refractivity contribution in [3.63, 3.8) is 0 Å². The normalized spacial score (nSPS) is 10.2. The second-order valence-corrected chi connectivity index (χ2v) is 6.38. The van der Waals surface area contributed by atoms with Gasteiger partial charge in [0.25, 0.3) is 5.91 Å². The van der Waals surface area contributed by atoms with Gasteiger partial charge in [0.05, 0.1) is 5.75 Å². The molecule has 0 atom stereocenters. The lowest BCUT2D eigenvalue weighted by atomic mass is 10.3. The van der Waals surface area contributed by atoms with Gasteiger partial charge in [0, 0.05) is 20.6 Å². The molecule has 0 fully saturated rings. The van der Waals surface area contributed by atoms with Crippen molar-refractivity contribution in [2.75, 3.05) is 17.7 Å². The third-order valence-electron chi connectivity index (χ3n) is 2.66. The van der Waals surface area contributed by atoms with E-state index in [4.69, 9.17) is 27.9 Å². The quantitative estimate of drug-likeness (QED) is 0.610. The summed E-state index contributed by atoms with van der Waals surface area (Å²) >= 11 is 12.8. The molecule has 7 heteroatoms. The van der Waals surface area contributed by atoms with Gasteiger partial charge in [0.15, 0.2) is 6.61 Å². The SMILES string of the molecule is O=C(COC(=O)CSc1ccc(Cl)cc1)Nc1ccc(Cl)cc1. The number of ether oxygens (including phenoxy) is 1. The zero-order chi connectivity index (χ0) is 16.7. The van der Waals surface area contributed by atoms with E-state index in [0.29, 0.717) is 15.7 Å². The van der Waals surface area contributed by atoms with E-state index in [1.807, 2.05) is 12.1 Å². The minimum atomic E-state index is -0.462. The molecular formula is C16H13Cl2NO3S. The van der Waals surface area contributed by atoms with Gasteiger partial charge in [-0.2, -0.15) is 0 Å². The average molecular weight is 370 g/mol. The summed E-state index contributed by atoms with van der Waals surface area (Å²) in [6.45, 7) is -0.331. The highest BCUT2D eigenvalue weighted by Gasteiger charge is 2.08. The van der Waals surface area contributed by atoms with Crippen LogP contribution in [0.1, 0.15) is 0 Å². The third-order valence-corrected chi connectivity index (χ3v) is 4.15. The zero-order valence-electron chi connectivity index (χ0n) is 11.9. The van der Waals surface area contributed by atoms with Crippen LogP contribution in [0.4, 0.5) is 5.69 Å². The first kappa shape index (κ1) is 17.7. The number of carbonyl (C=O) groups is 2. The van der Waals surface area contributed by atoms with Crippen LogP contribution in [0.5, 0.6) is 0 Å². The molecule has 1 N–H and O–H groups in total. The fourth-order valence-corrected chi connectivity index (χ4v) is 2.54. The average Bonchev–Trinajstić information content (AvgIpc) is 2.54. The Hall–Kier alpha value is -1.69. The number of hydrogen-bond donors (Lipinski definition) is 1. The number of thioether (sulfide) groups is 1. The molecule has 2 rings (SSSR count). The number of carbonyl (C=O) groups excluding carboxylic acids is 2. The number of amides is 1. The molecule has 0 saturated heterocycles. The predicted octanol–water partition coefficient (Wildman–Crippen LogP) is 4.27. The number of benzene rings is 2. The zero-order valence-corrected chi connectivity index (χ0v) is 14.3. The Labute approximate surface area is 148 Å². The molecule has 0 saturated carbocycles. The maximum absolute atomic E-state index is 11.7. The monoisotopic (exact) mass is 369 g/mol. The van der Waals surface area contributed by atoms with Gasteiger partial charge in [-0.15, -0.1) is 11.8 Å². The van der Waals surface area contributed by atoms with Gasteiger partial charge in [0.2, 0.25) is 0 Å². The first-order chi connectivity index (χ1) is 11.0. The fraction of sp³-hybridized carbons (Fsp3) is 0.125. The van der Waals surface area contributed by atoms with E-state index in [1.165, 1.54) is 11.8 Å². The van der Waals surface area contributed by atoms with Crippen molar-refractivity contribution < 1.29 is 14.3 Å². The number of hydrogen-bond acceptors (Lipinski definition) is 4. The van der Waals surface area contributed by atoms with Crippen LogP contribution in [0.25, 0.3) is 0 Å². The minimum absolute atomic E-state index is 0.121. The van der Waals surface area contributed by atoms with Crippen molar-refractivity contribution in [2.45, 2.75) is 4.90 Å². The highest BCUT2D eigenvalue weighted by Crippen LogP contribution is 2.20. The largest absolute Gasteiger partial charge is 0.455 e. The predicted molar refractivity (Wildman–Crippen MR) is 93.2 cm³/mol. The van der Waals surface area contributed by atoms with Gasteiger partial charge in [-0.25, -0.2) is 0 Å². The van der Waals surface area contributed by atoms with Crippen molar-refractivity contribution in [1.82, 2.24) is 0 Å². The van der Waals surface area contributed by atoms with E-state index in [2.05, 4.69) is 5.32 Å². The minimum Gasteiger partial charge on any atom is -0.455 e. The van der Waals surface area contributed by atoms with Crippen molar-refractivity contribution in [3.05, 3.63) is 58.6 Å². The van der Waals surface area contributed by atoms with Crippen LogP contribution in [0.3, 0.4) is 0 Å². The molecule has 0 spiro atoms. The van der Waals surface area contributed by atoms with Crippen molar-refractivity contribution in [2.24, 2.45) is 0 Å². The summed E-state index contributed by atoms with van der Waals surface area (Å²) in [6, 6.07) is 13.8. The van der Waals surface area contributed by atoms with Crippen LogP contribution in [0.15, 0.2) is 53.4 Å². The Morgan fingerprint density at radius 1 is 0.957 bits per heavy atom. The maximum Gasteiger partial charge on any atom is 0.316 e. The molecule has 0 unspecified atom stereocenters. The van der Waals surface area contributed by atoms with E-state index in [-0.39, 0.29) is 12.4 Å². The van der Waals surface area contributed by atoms with Crippen LogP contribution in [0.2, 0.25) is 10.0 Å². The summed E-state index contributed by atoms with van der Waals surface area (Å²) in [5, 5.41) is 3.82. The summed E-state index contributed by atoms with van der Waals surface area (Å²) in [6.07, 6.45) is 0. The molecule has 0 aliphatic rings. The van der Waals surface area contributed by atoms with Crippen LogP contribution >= 0.6 is 35.0 Å². The summed E-state index contributed by atoms with van der Waals surface area (Å²) in [5.41, 5.74) is 0.589. The molecule has 0 heterocycles.